The van der Waals surface area contributed by atoms with Crippen LogP contribution in [0.1, 0.15) is 85.5 Å². The molecule has 0 aliphatic heterocycles. The highest BCUT2D eigenvalue weighted by Gasteiger charge is 2.80. The number of hydrogen-bond acceptors (Lipinski definition) is 4. The Kier molecular flexibility index (Phi) is 4.25. The van der Waals surface area contributed by atoms with E-state index in [0.717, 1.165) is 25.7 Å². The first-order valence-electron chi connectivity index (χ1n) is 13.2. The second-order valence-electron chi connectivity index (χ2n) is 13.1. The lowest BCUT2D eigenvalue weighted by atomic mass is 9.41. The molecular weight excluding hydrogens is 388 g/mol. The average molecular weight is 431 g/mol. The van der Waals surface area contributed by atoms with Crippen LogP contribution in [0.25, 0.3) is 0 Å². The first kappa shape index (κ1) is 21.0. The molecule has 4 heteroatoms. The number of rotatable bonds is 4. The lowest BCUT2D eigenvalue weighted by Crippen LogP contribution is -2.65. The number of carbonyl (C=O) groups is 1. The summed E-state index contributed by atoms with van der Waals surface area (Å²) < 4.78 is 5.19. The van der Waals surface area contributed by atoms with E-state index in [-0.39, 0.29) is 16.8 Å². The summed E-state index contributed by atoms with van der Waals surface area (Å²) in [4.78, 5) is 12.1. The maximum absolute atomic E-state index is 12.1. The lowest BCUT2D eigenvalue weighted by molar-refractivity contribution is -0.232. The summed E-state index contributed by atoms with van der Waals surface area (Å²) >= 11 is 0. The van der Waals surface area contributed by atoms with Crippen LogP contribution in [0.15, 0.2) is 0 Å². The van der Waals surface area contributed by atoms with Gasteiger partial charge in [0.1, 0.15) is 0 Å². The molecule has 4 nitrogen and oxygen atoms in total. The van der Waals surface area contributed by atoms with Gasteiger partial charge in [0, 0.05) is 6.42 Å². The van der Waals surface area contributed by atoms with Gasteiger partial charge in [-0.3, -0.25) is 4.79 Å². The van der Waals surface area contributed by atoms with Gasteiger partial charge >= 0.3 is 5.97 Å². The second kappa shape index (κ2) is 6.29. The molecule has 0 heterocycles. The third kappa shape index (κ3) is 2.42. The van der Waals surface area contributed by atoms with Gasteiger partial charge in [-0.25, -0.2) is 0 Å². The van der Waals surface area contributed by atoms with Crippen LogP contribution in [0.4, 0.5) is 0 Å². The Morgan fingerprint density at radius 3 is 2.45 bits per heavy atom. The van der Waals surface area contributed by atoms with Gasteiger partial charge < -0.3 is 14.9 Å². The molecule has 0 bridgehead atoms. The fourth-order valence-electron chi connectivity index (χ4n) is 10.5. The summed E-state index contributed by atoms with van der Waals surface area (Å²) in [5.41, 5.74) is -1.24. The molecule has 0 amide bonds. The fourth-order valence-corrected chi connectivity index (χ4v) is 10.5. The highest BCUT2D eigenvalue weighted by atomic mass is 16.5. The SMILES string of the molecule is CCOC(=O)CC[C@]1(O)[C@H]2C[C@H]2C2C3C(CC[C@@]21C)[C@@]1(C)CC[C@H](C)C[C@@]1(O)[C@@H]1C[C@H]31. The topological polar surface area (TPSA) is 66.8 Å². The van der Waals surface area contributed by atoms with E-state index in [1.807, 2.05) is 6.92 Å². The van der Waals surface area contributed by atoms with Crippen molar-refractivity contribution in [2.45, 2.75) is 96.7 Å². The molecule has 0 aromatic heterocycles. The molecule has 6 aliphatic carbocycles. The maximum atomic E-state index is 12.1. The normalized spacial score (nSPS) is 60.7. The van der Waals surface area contributed by atoms with Gasteiger partial charge in [-0.1, -0.05) is 20.8 Å². The average Bonchev–Trinajstić information content (AvgIpc) is 3.61. The highest BCUT2D eigenvalue weighted by Crippen LogP contribution is 2.82. The van der Waals surface area contributed by atoms with Gasteiger partial charge in [-0.15, -0.1) is 0 Å². The zero-order valence-corrected chi connectivity index (χ0v) is 19.9. The molecule has 0 saturated heterocycles. The number of carbonyl (C=O) groups excluding carboxylic acids is 1. The van der Waals surface area contributed by atoms with Crippen molar-refractivity contribution < 1.29 is 19.7 Å². The summed E-state index contributed by atoms with van der Waals surface area (Å²) in [6.07, 6.45) is 8.82. The van der Waals surface area contributed by atoms with E-state index >= 15 is 0 Å². The summed E-state index contributed by atoms with van der Waals surface area (Å²) in [5, 5.41) is 24.1. The molecular formula is C27H42O4. The quantitative estimate of drug-likeness (QED) is 0.642. The molecule has 6 saturated carbocycles. The van der Waals surface area contributed by atoms with Crippen LogP contribution in [0.2, 0.25) is 0 Å². The van der Waals surface area contributed by atoms with Gasteiger partial charge in [0.05, 0.1) is 17.8 Å². The minimum atomic E-state index is -0.722. The number of ether oxygens (including phenoxy) is 1. The molecule has 0 spiro atoms. The summed E-state index contributed by atoms with van der Waals surface area (Å²) in [6, 6.07) is 0. The van der Waals surface area contributed by atoms with Crippen molar-refractivity contribution in [3.05, 3.63) is 0 Å². The van der Waals surface area contributed by atoms with Crippen molar-refractivity contribution in [1.82, 2.24) is 0 Å². The monoisotopic (exact) mass is 430 g/mol. The fraction of sp³-hybridized carbons (Fsp3) is 0.963. The van der Waals surface area contributed by atoms with E-state index in [2.05, 4.69) is 20.8 Å². The van der Waals surface area contributed by atoms with E-state index in [1.54, 1.807) is 0 Å². The largest absolute Gasteiger partial charge is 0.466 e. The Hall–Kier alpha value is -0.610. The molecule has 12 atom stereocenters. The summed E-state index contributed by atoms with van der Waals surface area (Å²) in [5.74, 6) is 4.44. The maximum Gasteiger partial charge on any atom is 0.305 e. The first-order chi connectivity index (χ1) is 14.6. The van der Waals surface area contributed by atoms with Crippen LogP contribution < -0.4 is 0 Å². The molecule has 6 rings (SSSR count). The van der Waals surface area contributed by atoms with E-state index < -0.39 is 11.2 Å². The molecule has 3 unspecified atom stereocenters. The van der Waals surface area contributed by atoms with Gasteiger partial charge in [0.15, 0.2) is 0 Å². The lowest BCUT2D eigenvalue weighted by Gasteiger charge is -2.65. The second-order valence-corrected chi connectivity index (χ2v) is 13.1. The smallest absolute Gasteiger partial charge is 0.305 e. The molecule has 6 fully saturated rings. The zero-order chi connectivity index (χ0) is 22.0. The number of esters is 1. The highest BCUT2D eigenvalue weighted by molar-refractivity contribution is 5.69. The van der Waals surface area contributed by atoms with Crippen molar-refractivity contribution in [2.75, 3.05) is 6.61 Å². The summed E-state index contributed by atoms with van der Waals surface area (Å²) in [6.45, 7) is 9.37. The van der Waals surface area contributed by atoms with Crippen LogP contribution in [0.3, 0.4) is 0 Å². The van der Waals surface area contributed by atoms with Gasteiger partial charge in [0.25, 0.3) is 0 Å². The Labute approximate surface area is 187 Å². The standard InChI is InChI=1S/C27H42O4/c1-5-31-21(28)8-11-26(29)20-13-17(20)23-22-16-12-19(16)27(30)14-15(2)6-9-24(27,3)18(22)7-10-25(23,26)4/h15-20,22-23,29-30H,5-14H2,1-4H3/t15-,16-,17+,18?,19+,20-,22?,23?,24+,25-,26-,27+/m0/s1. The van der Waals surface area contributed by atoms with Gasteiger partial charge in [0.2, 0.25) is 0 Å². The molecule has 6 aliphatic rings. The zero-order valence-electron chi connectivity index (χ0n) is 19.9. The van der Waals surface area contributed by atoms with Crippen molar-refractivity contribution in [1.29, 1.82) is 0 Å². The van der Waals surface area contributed by atoms with Crippen molar-refractivity contribution >= 4 is 5.97 Å². The molecule has 0 aromatic carbocycles. The third-order valence-corrected chi connectivity index (χ3v) is 12.1. The predicted molar refractivity (Wildman–Crippen MR) is 118 cm³/mol. The van der Waals surface area contributed by atoms with E-state index in [4.69, 9.17) is 4.74 Å². The van der Waals surface area contributed by atoms with Gasteiger partial charge in [-0.05, 0) is 116 Å². The van der Waals surface area contributed by atoms with Crippen molar-refractivity contribution in [2.24, 2.45) is 58.2 Å². The Balaban J connectivity index is 1.31. The minimum Gasteiger partial charge on any atom is -0.466 e. The van der Waals surface area contributed by atoms with Crippen LogP contribution in [0, 0.1) is 58.2 Å². The van der Waals surface area contributed by atoms with E-state index in [0.29, 0.717) is 66.8 Å². The van der Waals surface area contributed by atoms with Crippen LogP contribution in [-0.4, -0.2) is 34.0 Å². The Bertz CT molecular complexity index is 796. The number of fused-ring (bicyclic) bond motifs is 10. The summed E-state index contributed by atoms with van der Waals surface area (Å²) in [7, 11) is 0. The van der Waals surface area contributed by atoms with Crippen LogP contribution >= 0.6 is 0 Å². The van der Waals surface area contributed by atoms with E-state index in [1.165, 1.54) is 19.3 Å². The Morgan fingerprint density at radius 2 is 1.71 bits per heavy atom. The Morgan fingerprint density at radius 1 is 1.00 bits per heavy atom. The molecule has 31 heavy (non-hydrogen) atoms. The van der Waals surface area contributed by atoms with Crippen molar-refractivity contribution in [3.8, 4) is 0 Å². The predicted octanol–water partition coefficient (Wildman–Crippen LogP) is 4.57. The first-order valence-corrected chi connectivity index (χ1v) is 13.2. The van der Waals surface area contributed by atoms with Crippen LogP contribution in [-0.2, 0) is 9.53 Å². The number of aliphatic hydroxyl groups is 2. The third-order valence-electron chi connectivity index (χ3n) is 12.1. The molecule has 174 valence electrons. The van der Waals surface area contributed by atoms with E-state index in [9.17, 15) is 15.0 Å². The van der Waals surface area contributed by atoms with Crippen molar-refractivity contribution in [3.63, 3.8) is 0 Å². The minimum absolute atomic E-state index is 0.0409. The molecule has 0 radical (unpaired) electrons. The van der Waals surface area contributed by atoms with Crippen LogP contribution in [0.5, 0.6) is 0 Å². The number of hydrogen-bond donors (Lipinski definition) is 2. The molecule has 0 aromatic rings. The van der Waals surface area contributed by atoms with Gasteiger partial charge in [-0.2, -0.15) is 0 Å². The molecule has 2 N–H and O–H groups in total.